The van der Waals surface area contributed by atoms with Gasteiger partial charge in [-0.3, -0.25) is 19.7 Å². The van der Waals surface area contributed by atoms with E-state index in [1.165, 1.54) is 7.11 Å². The molecule has 4 N–H and O–H groups in total. The summed E-state index contributed by atoms with van der Waals surface area (Å²) in [4.78, 5) is 49.0. The van der Waals surface area contributed by atoms with Gasteiger partial charge in [0.25, 0.3) is 5.91 Å². The van der Waals surface area contributed by atoms with Crippen molar-refractivity contribution in [2.75, 3.05) is 13.7 Å². The van der Waals surface area contributed by atoms with Crippen LogP contribution in [0.3, 0.4) is 0 Å². The van der Waals surface area contributed by atoms with Crippen molar-refractivity contribution in [1.29, 1.82) is 0 Å². The Morgan fingerprint density at radius 3 is 2.50 bits per heavy atom. The maximum Gasteiger partial charge on any atom is 0.321 e. The third-order valence-corrected chi connectivity index (χ3v) is 5.74. The molecule has 1 aliphatic rings. The summed E-state index contributed by atoms with van der Waals surface area (Å²) in [7, 11) is 1.54. The van der Waals surface area contributed by atoms with Crippen molar-refractivity contribution in [3.63, 3.8) is 0 Å². The van der Waals surface area contributed by atoms with Crippen molar-refractivity contribution in [1.82, 2.24) is 15.5 Å². The topological polar surface area (TPSA) is 131 Å². The average molecular weight is 438 g/mol. The van der Waals surface area contributed by atoms with Crippen molar-refractivity contribution in [2.24, 2.45) is 5.73 Å². The minimum absolute atomic E-state index is 0.173. The number of amides is 5. The van der Waals surface area contributed by atoms with E-state index in [4.69, 9.17) is 10.5 Å². The van der Waals surface area contributed by atoms with Gasteiger partial charge in [0, 0.05) is 18.7 Å². The van der Waals surface area contributed by atoms with Gasteiger partial charge in [0.1, 0.15) is 5.75 Å². The monoisotopic (exact) mass is 438 g/mol. The number of carbonyl (C=O) groups excluding carboxylic acids is 4. The van der Waals surface area contributed by atoms with Crippen molar-refractivity contribution in [2.45, 2.75) is 31.8 Å². The molecule has 0 bridgehead atoms. The normalized spacial score (nSPS) is 13.8. The first-order valence-electron chi connectivity index (χ1n) is 10.0. The number of methoxy groups -OCH3 is 1. The molecule has 0 aliphatic carbocycles. The lowest BCUT2D eigenvalue weighted by Gasteiger charge is -2.26. The summed E-state index contributed by atoms with van der Waals surface area (Å²) in [5, 5.41) is 4.77. The number of nitrogens with zero attached hydrogens (tertiary/aromatic N) is 1. The molecule has 0 aromatic heterocycles. The van der Waals surface area contributed by atoms with Gasteiger partial charge in [-0.1, -0.05) is 30.3 Å². The van der Waals surface area contributed by atoms with Crippen molar-refractivity contribution < 1.29 is 23.9 Å². The zero-order valence-electron chi connectivity index (χ0n) is 18.2. The number of hydrogen-bond donors (Lipinski definition) is 3. The van der Waals surface area contributed by atoms with E-state index in [1.807, 2.05) is 6.07 Å². The summed E-state index contributed by atoms with van der Waals surface area (Å²) >= 11 is 0. The Balaban J connectivity index is 1.85. The van der Waals surface area contributed by atoms with Crippen LogP contribution in [0.15, 0.2) is 42.5 Å². The van der Waals surface area contributed by atoms with Crippen LogP contribution < -0.4 is 21.1 Å². The predicted octanol–water partition coefficient (Wildman–Crippen LogP) is 1.61. The number of fused-ring (bicyclic) bond motifs is 1. The van der Waals surface area contributed by atoms with Crippen LogP contribution >= 0.6 is 0 Å². The molecule has 0 saturated carbocycles. The quantitative estimate of drug-likeness (QED) is 0.539. The van der Waals surface area contributed by atoms with Gasteiger partial charge in [-0.15, -0.1) is 0 Å². The lowest BCUT2D eigenvalue weighted by atomic mass is 9.83. The number of ether oxygens (including phenoxy) is 1. The first-order valence-corrected chi connectivity index (χ1v) is 10.0. The second kappa shape index (κ2) is 9.09. The number of hydrogen-bond acceptors (Lipinski definition) is 5. The number of benzene rings is 2. The highest BCUT2D eigenvalue weighted by molar-refractivity contribution is 5.98. The first-order chi connectivity index (χ1) is 15.2. The Bertz CT molecular complexity index is 1050. The molecule has 1 atom stereocenters. The van der Waals surface area contributed by atoms with E-state index < -0.39 is 23.4 Å². The lowest BCUT2D eigenvalue weighted by molar-refractivity contribution is -0.122. The first kappa shape index (κ1) is 22.8. The summed E-state index contributed by atoms with van der Waals surface area (Å²) in [6.45, 7) is 4.02. The van der Waals surface area contributed by atoms with Crippen LogP contribution in [0.2, 0.25) is 0 Å². The number of nitrogens with two attached hydrogens (primary N) is 1. The summed E-state index contributed by atoms with van der Waals surface area (Å²) in [6, 6.07) is 11.1. The van der Waals surface area contributed by atoms with Gasteiger partial charge in [0.05, 0.1) is 18.6 Å². The van der Waals surface area contributed by atoms with Crippen LogP contribution in [0.4, 0.5) is 4.79 Å². The molecule has 2 aromatic carbocycles. The third kappa shape index (κ3) is 4.56. The van der Waals surface area contributed by atoms with Crippen LogP contribution in [0.1, 0.15) is 46.9 Å². The van der Waals surface area contributed by atoms with Gasteiger partial charge in [-0.2, -0.15) is 0 Å². The molecule has 5 amide bonds. The average Bonchev–Trinajstić information content (AvgIpc) is 3.08. The number of nitrogens with one attached hydrogen (secondary N) is 2. The SMILES string of the molecule is COc1ccc2c(c1)C(=O)N(C[C@H](NC(=O)NC=O)c1ccc(C(C)(C)C(N)=O)cc1)C2. The molecule has 0 spiro atoms. The lowest BCUT2D eigenvalue weighted by Crippen LogP contribution is -2.42. The second-order valence-corrected chi connectivity index (χ2v) is 8.11. The fourth-order valence-electron chi connectivity index (χ4n) is 3.60. The van der Waals surface area contributed by atoms with E-state index in [0.29, 0.717) is 23.4 Å². The third-order valence-electron chi connectivity index (χ3n) is 5.74. The molecule has 32 heavy (non-hydrogen) atoms. The molecule has 0 radical (unpaired) electrons. The Hall–Kier alpha value is -3.88. The van der Waals surface area contributed by atoms with Gasteiger partial charge in [0.15, 0.2) is 0 Å². The Kier molecular flexibility index (Phi) is 6.47. The molecule has 168 valence electrons. The molecule has 0 unspecified atom stereocenters. The molecule has 1 aliphatic heterocycles. The van der Waals surface area contributed by atoms with E-state index in [9.17, 15) is 19.2 Å². The second-order valence-electron chi connectivity index (χ2n) is 8.11. The van der Waals surface area contributed by atoms with Gasteiger partial charge in [0.2, 0.25) is 12.3 Å². The van der Waals surface area contributed by atoms with Crippen molar-refractivity contribution in [3.05, 3.63) is 64.7 Å². The molecule has 0 saturated heterocycles. The number of imide groups is 1. The van der Waals surface area contributed by atoms with E-state index in [0.717, 1.165) is 11.1 Å². The number of carbonyl (C=O) groups is 4. The predicted molar refractivity (Wildman–Crippen MR) is 117 cm³/mol. The van der Waals surface area contributed by atoms with E-state index >= 15 is 0 Å². The van der Waals surface area contributed by atoms with E-state index in [-0.39, 0.29) is 18.9 Å². The Labute approximate surface area is 185 Å². The summed E-state index contributed by atoms with van der Waals surface area (Å²) in [6.07, 6.45) is 0.286. The molecular weight excluding hydrogens is 412 g/mol. The van der Waals surface area contributed by atoms with Crippen LogP contribution in [-0.2, 0) is 21.5 Å². The van der Waals surface area contributed by atoms with E-state index in [2.05, 4.69) is 10.6 Å². The summed E-state index contributed by atoms with van der Waals surface area (Å²) in [5.74, 6) is -0.0410. The zero-order chi connectivity index (χ0) is 23.5. The fraction of sp³-hybridized carbons (Fsp3) is 0.304. The standard InChI is InChI=1S/C23H26N4O5/c1-23(2,21(24)30)16-7-4-14(5-8-16)19(26-22(31)25-13-28)12-27-11-15-6-9-17(32-3)10-18(15)20(27)29/h4-10,13,19H,11-12H2,1-3H3,(H2,24,30)(H2,25,26,28,31)/t19-/m0/s1. The molecule has 1 heterocycles. The van der Waals surface area contributed by atoms with Crippen LogP contribution in [-0.4, -0.2) is 42.8 Å². The maximum absolute atomic E-state index is 12.9. The highest BCUT2D eigenvalue weighted by atomic mass is 16.5. The van der Waals surface area contributed by atoms with Crippen LogP contribution in [0, 0.1) is 0 Å². The van der Waals surface area contributed by atoms with Crippen molar-refractivity contribution >= 4 is 24.3 Å². The largest absolute Gasteiger partial charge is 0.497 e. The molecular formula is C23H26N4O5. The van der Waals surface area contributed by atoms with E-state index in [1.54, 1.807) is 55.1 Å². The molecule has 0 fully saturated rings. The van der Waals surface area contributed by atoms with Gasteiger partial charge in [-0.05, 0) is 42.7 Å². The molecule has 2 aromatic rings. The zero-order valence-corrected chi connectivity index (χ0v) is 18.2. The van der Waals surface area contributed by atoms with Gasteiger partial charge >= 0.3 is 6.03 Å². The number of rotatable bonds is 8. The number of primary amides is 1. The van der Waals surface area contributed by atoms with Crippen LogP contribution in [0.25, 0.3) is 0 Å². The Morgan fingerprint density at radius 1 is 1.22 bits per heavy atom. The minimum Gasteiger partial charge on any atom is -0.497 e. The molecule has 9 nitrogen and oxygen atoms in total. The number of urea groups is 1. The van der Waals surface area contributed by atoms with Gasteiger partial charge in [-0.25, -0.2) is 4.79 Å². The van der Waals surface area contributed by atoms with Crippen molar-refractivity contribution in [3.8, 4) is 5.75 Å². The molecule has 3 rings (SSSR count). The molecule has 9 heteroatoms. The minimum atomic E-state index is -0.859. The van der Waals surface area contributed by atoms with Crippen LogP contribution in [0.5, 0.6) is 5.75 Å². The summed E-state index contributed by atoms with van der Waals surface area (Å²) < 4.78 is 5.21. The fourth-order valence-corrected chi connectivity index (χ4v) is 3.60. The Morgan fingerprint density at radius 2 is 1.91 bits per heavy atom. The maximum atomic E-state index is 12.9. The summed E-state index contributed by atoms with van der Waals surface area (Å²) in [5.41, 5.74) is 7.49. The highest BCUT2D eigenvalue weighted by Gasteiger charge is 2.31. The van der Waals surface area contributed by atoms with Gasteiger partial charge < -0.3 is 20.7 Å². The highest BCUT2D eigenvalue weighted by Crippen LogP contribution is 2.29. The smallest absolute Gasteiger partial charge is 0.321 e.